The van der Waals surface area contributed by atoms with Crippen molar-refractivity contribution in [3.63, 3.8) is 0 Å². The van der Waals surface area contributed by atoms with Gasteiger partial charge in [-0.2, -0.15) is 0 Å². The molecule has 0 spiro atoms. The molecule has 0 atom stereocenters. The molecule has 1 heteroatoms. The van der Waals surface area contributed by atoms with Crippen LogP contribution in [0.2, 0.25) is 0 Å². The zero-order chi connectivity index (χ0) is 11.4. The molecule has 14 heavy (non-hydrogen) atoms. The fourth-order valence-corrected chi connectivity index (χ4v) is 0.724. The van der Waals surface area contributed by atoms with E-state index in [0.29, 0.717) is 6.61 Å². The highest BCUT2D eigenvalue weighted by molar-refractivity contribution is 5.23. The Hall–Kier alpha value is -1.24. The SMILES string of the molecule is C=C/C=C(\C=C/C)COC(=C)C.CC. The standard InChI is InChI=1S/C11H16O.C2H6/c1-5-7-11(8-6-2)9-12-10(3)4;1-2/h5-8H,1,3,9H2,2,4H3;1-2H3/b8-6-,11-7+;. The Bertz CT molecular complexity index is 209. The van der Waals surface area contributed by atoms with Gasteiger partial charge in [0.2, 0.25) is 0 Å². The van der Waals surface area contributed by atoms with Gasteiger partial charge in [-0.1, -0.05) is 51.3 Å². The fourth-order valence-electron chi connectivity index (χ4n) is 0.724. The van der Waals surface area contributed by atoms with E-state index in [2.05, 4.69) is 13.2 Å². The summed E-state index contributed by atoms with van der Waals surface area (Å²) in [7, 11) is 0. The van der Waals surface area contributed by atoms with Crippen molar-refractivity contribution >= 4 is 0 Å². The van der Waals surface area contributed by atoms with Crippen molar-refractivity contribution in [1.82, 2.24) is 0 Å². The molecule has 0 saturated heterocycles. The van der Waals surface area contributed by atoms with Crippen LogP contribution in [0.15, 0.2) is 48.8 Å². The second-order valence-corrected chi connectivity index (χ2v) is 2.47. The minimum atomic E-state index is 0.561. The van der Waals surface area contributed by atoms with E-state index in [0.717, 1.165) is 11.3 Å². The maximum Gasteiger partial charge on any atom is 0.113 e. The maximum atomic E-state index is 5.25. The van der Waals surface area contributed by atoms with Gasteiger partial charge in [0.05, 0.1) is 5.76 Å². The zero-order valence-corrected chi connectivity index (χ0v) is 9.84. The molecule has 0 aliphatic carbocycles. The van der Waals surface area contributed by atoms with Gasteiger partial charge in [-0.05, 0) is 19.4 Å². The Labute approximate surface area is 88.5 Å². The molecule has 0 N–H and O–H groups in total. The van der Waals surface area contributed by atoms with Crippen molar-refractivity contribution in [2.75, 3.05) is 6.61 Å². The average Bonchev–Trinajstić information content (AvgIpc) is 2.18. The molecule has 0 amide bonds. The summed E-state index contributed by atoms with van der Waals surface area (Å²) in [5, 5.41) is 0. The highest BCUT2D eigenvalue weighted by atomic mass is 16.5. The van der Waals surface area contributed by atoms with Gasteiger partial charge in [0, 0.05) is 0 Å². The van der Waals surface area contributed by atoms with E-state index in [9.17, 15) is 0 Å². The van der Waals surface area contributed by atoms with Crippen molar-refractivity contribution in [2.45, 2.75) is 27.7 Å². The molecule has 0 aromatic heterocycles. The number of rotatable bonds is 5. The predicted octanol–water partition coefficient (Wildman–Crippen LogP) is 4.25. The van der Waals surface area contributed by atoms with Gasteiger partial charge in [-0.25, -0.2) is 0 Å². The summed E-state index contributed by atoms with van der Waals surface area (Å²) in [4.78, 5) is 0. The molecule has 0 saturated carbocycles. The number of hydrogen-bond donors (Lipinski definition) is 0. The van der Waals surface area contributed by atoms with Gasteiger partial charge < -0.3 is 4.74 Å². The van der Waals surface area contributed by atoms with E-state index in [1.165, 1.54) is 0 Å². The molecule has 80 valence electrons. The van der Waals surface area contributed by atoms with Gasteiger partial charge >= 0.3 is 0 Å². The van der Waals surface area contributed by atoms with Crippen LogP contribution in [0.4, 0.5) is 0 Å². The molecule has 0 unspecified atom stereocenters. The minimum Gasteiger partial charge on any atom is -0.494 e. The summed E-state index contributed by atoms with van der Waals surface area (Å²) in [6, 6.07) is 0. The lowest BCUT2D eigenvalue weighted by molar-refractivity contribution is 0.246. The van der Waals surface area contributed by atoms with Crippen LogP contribution < -0.4 is 0 Å². The van der Waals surface area contributed by atoms with E-state index in [4.69, 9.17) is 4.74 Å². The van der Waals surface area contributed by atoms with Gasteiger partial charge in [0.25, 0.3) is 0 Å². The molecule has 0 fully saturated rings. The summed E-state index contributed by atoms with van der Waals surface area (Å²) in [5.74, 6) is 0.731. The van der Waals surface area contributed by atoms with Gasteiger partial charge in [-0.15, -0.1) is 0 Å². The largest absolute Gasteiger partial charge is 0.494 e. The van der Waals surface area contributed by atoms with E-state index in [-0.39, 0.29) is 0 Å². The lowest BCUT2D eigenvalue weighted by Crippen LogP contribution is -1.93. The summed E-state index contributed by atoms with van der Waals surface area (Å²) >= 11 is 0. The Balaban J connectivity index is 0. The second-order valence-electron chi connectivity index (χ2n) is 2.47. The lowest BCUT2D eigenvalue weighted by Gasteiger charge is -2.04. The van der Waals surface area contributed by atoms with Crippen LogP contribution in [0.25, 0.3) is 0 Å². The number of ether oxygens (including phenoxy) is 1. The Kier molecular flexibility index (Phi) is 12.8. The molecule has 0 aliphatic rings. The first-order chi connectivity index (χ1) is 6.70. The first-order valence-corrected chi connectivity index (χ1v) is 4.93. The quantitative estimate of drug-likeness (QED) is 0.469. The minimum absolute atomic E-state index is 0.561. The molecule has 0 heterocycles. The van der Waals surface area contributed by atoms with Gasteiger partial charge in [0.15, 0.2) is 0 Å². The first-order valence-electron chi connectivity index (χ1n) is 4.93. The summed E-state index contributed by atoms with van der Waals surface area (Å²) in [6.07, 6.45) is 7.63. The van der Waals surface area contributed by atoms with Crippen LogP contribution in [-0.2, 0) is 4.74 Å². The average molecular weight is 194 g/mol. The van der Waals surface area contributed by atoms with Gasteiger partial charge in [-0.3, -0.25) is 0 Å². The first kappa shape index (κ1) is 15.2. The number of allylic oxidation sites excluding steroid dienone is 4. The van der Waals surface area contributed by atoms with E-state index in [1.54, 1.807) is 6.08 Å². The second kappa shape index (κ2) is 11.8. The molecule has 0 aliphatic heterocycles. The molecular formula is C13H22O. The predicted molar refractivity (Wildman–Crippen MR) is 65.2 cm³/mol. The lowest BCUT2D eigenvalue weighted by atomic mass is 10.2. The van der Waals surface area contributed by atoms with Crippen LogP contribution >= 0.6 is 0 Å². The monoisotopic (exact) mass is 194 g/mol. The van der Waals surface area contributed by atoms with Crippen molar-refractivity contribution in [3.05, 3.63) is 48.8 Å². The smallest absolute Gasteiger partial charge is 0.113 e. The van der Waals surface area contributed by atoms with Crippen molar-refractivity contribution in [1.29, 1.82) is 0 Å². The third kappa shape index (κ3) is 10.8. The fraction of sp³-hybridized carbons (Fsp3) is 0.385. The van der Waals surface area contributed by atoms with Crippen molar-refractivity contribution in [2.24, 2.45) is 0 Å². The van der Waals surface area contributed by atoms with Crippen LogP contribution in [-0.4, -0.2) is 6.61 Å². The Morgan fingerprint density at radius 3 is 2.29 bits per heavy atom. The van der Waals surface area contributed by atoms with E-state index < -0.39 is 0 Å². The van der Waals surface area contributed by atoms with E-state index >= 15 is 0 Å². The highest BCUT2D eigenvalue weighted by Crippen LogP contribution is 2.01. The third-order valence-electron chi connectivity index (χ3n) is 1.20. The van der Waals surface area contributed by atoms with Crippen LogP contribution in [0.1, 0.15) is 27.7 Å². The maximum absolute atomic E-state index is 5.25. The molecule has 1 nitrogen and oxygen atoms in total. The molecular weight excluding hydrogens is 172 g/mol. The summed E-state index contributed by atoms with van der Waals surface area (Å²) < 4.78 is 5.25. The molecule has 0 bridgehead atoms. The van der Waals surface area contributed by atoms with Crippen molar-refractivity contribution < 1.29 is 4.74 Å². The topological polar surface area (TPSA) is 9.23 Å². The highest BCUT2D eigenvalue weighted by Gasteiger charge is 1.90. The van der Waals surface area contributed by atoms with Crippen LogP contribution in [0.3, 0.4) is 0 Å². The molecule has 0 rings (SSSR count). The van der Waals surface area contributed by atoms with Crippen LogP contribution in [0.5, 0.6) is 0 Å². The normalized spacial score (nSPS) is 10.4. The number of hydrogen-bond acceptors (Lipinski definition) is 1. The van der Waals surface area contributed by atoms with Gasteiger partial charge in [0.1, 0.15) is 6.61 Å². The van der Waals surface area contributed by atoms with Crippen molar-refractivity contribution in [3.8, 4) is 0 Å². The summed E-state index contributed by atoms with van der Waals surface area (Å²) in [5.41, 5.74) is 1.09. The molecule has 0 aromatic rings. The summed E-state index contributed by atoms with van der Waals surface area (Å²) in [6.45, 7) is 15.6. The van der Waals surface area contributed by atoms with E-state index in [1.807, 2.05) is 45.9 Å². The molecule has 0 radical (unpaired) electrons. The molecule has 0 aromatic carbocycles. The Morgan fingerprint density at radius 2 is 1.93 bits per heavy atom. The third-order valence-corrected chi connectivity index (χ3v) is 1.20. The Morgan fingerprint density at radius 1 is 1.36 bits per heavy atom. The van der Waals surface area contributed by atoms with Crippen LogP contribution in [0, 0.1) is 0 Å². The zero-order valence-electron chi connectivity index (χ0n) is 9.84.